The Bertz CT molecular complexity index is 485. The smallest absolute Gasteiger partial charge is 0.339 e. The van der Waals surface area contributed by atoms with Crippen molar-refractivity contribution in [1.82, 2.24) is 0 Å². The molecule has 0 aliphatic carbocycles. The van der Waals surface area contributed by atoms with Crippen LogP contribution in [-0.4, -0.2) is 23.7 Å². The van der Waals surface area contributed by atoms with Crippen LogP contribution in [0.5, 0.6) is 0 Å². The molecule has 5 nitrogen and oxygen atoms in total. The zero-order valence-electron chi connectivity index (χ0n) is 10.1. The Morgan fingerprint density at radius 3 is 2.61 bits per heavy atom. The molecule has 0 saturated heterocycles. The zero-order chi connectivity index (χ0) is 13.9. The number of rotatable bonds is 4. The van der Waals surface area contributed by atoms with Gasteiger partial charge in [-0.1, -0.05) is 11.6 Å². The lowest BCUT2D eigenvalue weighted by Gasteiger charge is -2.18. The van der Waals surface area contributed by atoms with Crippen molar-refractivity contribution in [3.05, 3.63) is 28.8 Å². The average Bonchev–Trinajstić information content (AvgIpc) is 2.29. The van der Waals surface area contributed by atoms with E-state index in [1.165, 1.54) is 26.0 Å². The first-order valence-electron chi connectivity index (χ1n) is 5.19. The van der Waals surface area contributed by atoms with E-state index in [4.69, 9.17) is 27.2 Å². The number of carbonyl (C=O) groups excluding carboxylic acids is 1. The van der Waals surface area contributed by atoms with Gasteiger partial charge in [-0.05, 0) is 32.0 Å². The molecule has 0 bridgehead atoms. The zero-order valence-corrected chi connectivity index (χ0v) is 10.8. The van der Waals surface area contributed by atoms with Crippen LogP contribution in [0.4, 0.5) is 5.69 Å². The summed E-state index contributed by atoms with van der Waals surface area (Å²) in [6, 6.07) is 4.43. The maximum atomic E-state index is 11.7. The first kappa shape index (κ1) is 14.3. The SMILES string of the molecule is CC(C)(COC(=O)c1cc(N)ccc1Cl)C(=O)O. The summed E-state index contributed by atoms with van der Waals surface area (Å²) in [6.07, 6.45) is 0. The number of halogens is 1. The largest absolute Gasteiger partial charge is 0.481 e. The summed E-state index contributed by atoms with van der Waals surface area (Å²) in [5.41, 5.74) is 4.89. The second kappa shape index (κ2) is 5.27. The Hall–Kier alpha value is -1.75. The van der Waals surface area contributed by atoms with Crippen LogP contribution >= 0.6 is 11.6 Å². The van der Waals surface area contributed by atoms with Crippen LogP contribution in [0.2, 0.25) is 5.02 Å². The van der Waals surface area contributed by atoms with Gasteiger partial charge >= 0.3 is 11.9 Å². The predicted molar refractivity (Wildman–Crippen MR) is 67.6 cm³/mol. The molecule has 0 spiro atoms. The lowest BCUT2D eigenvalue weighted by Crippen LogP contribution is -2.30. The molecule has 0 atom stereocenters. The Labute approximate surface area is 109 Å². The van der Waals surface area contributed by atoms with E-state index in [-0.39, 0.29) is 17.2 Å². The van der Waals surface area contributed by atoms with E-state index < -0.39 is 17.4 Å². The third kappa shape index (κ3) is 3.37. The second-order valence-corrected chi connectivity index (χ2v) is 4.91. The third-order valence-electron chi connectivity index (χ3n) is 2.35. The van der Waals surface area contributed by atoms with E-state index in [1.54, 1.807) is 6.07 Å². The average molecular weight is 272 g/mol. The molecular formula is C12H14ClNO4. The highest BCUT2D eigenvalue weighted by atomic mass is 35.5. The molecule has 0 aromatic heterocycles. The quantitative estimate of drug-likeness (QED) is 0.647. The number of ether oxygens (including phenoxy) is 1. The molecule has 0 aliphatic rings. The highest BCUT2D eigenvalue weighted by Crippen LogP contribution is 2.21. The highest BCUT2D eigenvalue weighted by molar-refractivity contribution is 6.33. The first-order valence-corrected chi connectivity index (χ1v) is 5.57. The molecule has 0 radical (unpaired) electrons. The normalized spacial score (nSPS) is 11.1. The Kier molecular flexibility index (Phi) is 4.19. The van der Waals surface area contributed by atoms with Crippen LogP contribution in [0.25, 0.3) is 0 Å². The van der Waals surface area contributed by atoms with Crippen LogP contribution in [-0.2, 0) is 9.53 Å². The van der Waals surface area contributed by atoms with Crippen LogP contribution in [0.15, 0.2) is 18.2 Å². The third-order valence-corrected chi connectivity index (χ3v) is 2.68. The fourth-order valence-corrected chi connectivity index (χ4v) is 1.28. The van der Waals surface area contributed by atoms with Crippen LogP contribution in [0.3, 0.4) is 0 Å². The van der Waals surface area contributed by atoms with Gasteiger partial charge in [-0.25, -0.2) is 4.79 Å². The summed E-state index contributed by atoms with van der Waals surface area (Å²) in [6.45, 7) is 2.68. The van der Waals surface area contributed by atoms with E-state index in [2.05, 4.69) is 0 Å². The maximum absolute atomic E-state index is 11.7. The van der Waals surface area contributed by atoms with Crippen molar-refractivity contribution in [2.45, 2.75) is 13.8 Å². The van der Waals surface area contributed by atoms with E-state index in [1.807, 2.05) is 0 Å². The molecule has 0 amide bonds. The topological polar surface area (TPSA) is 89.6 Å². The van der Waals surface area contributed by atoms with Crippen molar-refractivity contribution < 1.29 is 19.4 Å². The van der Waals surface area contributed by atoms with Crippen LogP contribution < -0.4 is 5.73 Å². The molecule has 0 aliphatic heterocycles. The van der Waals surface area contributed by atoms with E-state index >= 15 is 0 Å². The van der Waals surface area contributed by atoms with Crippen LogP contribution in [0, 0.1) is 5.41 Å². The van der Waals surface area contributed by atoms with E-state index in [0.29, 0.717) is 5.69 Å². The second-order valence-electron chi connectivity index (χ2n) is 4.50. The van der Waals surface area contributed by atoms with Gasteiger partial charge in [-0.2, -0.15) is 0 Å². The maximum Gasteiger partial charge on any atom is 0.339 e. The number of nitrogens with two attached hydrogens (primary N) is 1. The van der Waals surface area contributed by atoms with Crippen molar-refractivity contribution in [1.29, 1.82) is 0 Å². The highest BCUT2D eigenvalue weighted by Gasteiger charge is 2.29. The standard InChI is InChI=1S/C12H14ClNO4/c1-12(2,11(16)17)6-18-10(15)8-5-7(14)3-4-9(8)13/h3-5H,6,14H2,1-2H3,(H,16,17). The minimum Gasteiger partial charge on any atom is -0.481 e. The van der Waals surface area contributed by atoms with Gasteiger partial charge in [0.15, 0.2) is 0 Å². The molecule has 18 heavy (non-hydrogen) atoms. The Morgan fingerprint density at radius 1 is 1.44 bits per heavy atom. The minimum atomic E-state index is -1.15. The van der Waals surface area contributed by atoms with Gasteiger partial charge < -0.3 is 15.6 Å². The summed E-state index contributed by atoms with van der Waals surface area (Å²) in [7, 11) is 0. The number of hydrogen-bond donors (Lipinski definition) is 2. The van der Waals surface area contributed by atoms with E-state index in [9.17, 15) is 9.59 Å². The fraction of sp³-hybridized carbons (Fsp3) is 0.333. The molecule has 6 heteroatoms. The van der Waals surface area contributed by atoms with Gasteiger partial charge in [0.25, 0.3) is 0 Å². The van der Waals surface area contributed by atoms with E-state index in [0.717, 1.165) is 0 Å². The van der Waals surface area contributed by atoms with Gasteiger partial charge in [0.1, 0.15) is 6.61 Å². The van der Waals surface area contributed by atoms with Gasteiger partial charge in [0, 0.05) is 5.69 Å². The molecule has 0 saturated carbocycles. The van der Waals surface area contributed by atoms with Crippen molar-refractivity contribution >= 4 is 29.2 Å². The molecule has 1 aromatic rings. The molecule has 1 aromatic carbocycles. The number of esters is 1. The van der Waals surface area contributed by atoms with Gasteiger partial charge in [-0.15, -0.1) is 0 Å². The number of aliphatic carboxylic acids is 1. The fourth-order valence-electron chi connectivity index (χ4n) is 1.08. The molecule has 3 N–H and O–H groups in total. The first-order chi connectivity index (χ1) is 8.24. The summed E-state index contributed by atoms with van der Waals surface area (Å²) in [4.78, 5) is 22.6. The van der Waals surface area contributed by atoms with Gasteiger partial charge in [0.2, 0.25) is 0 Å². The van der Waals surface area contributed by atoms with Crippen molar-refractivity contribution in [2.24, 2.45) is 5.41 Å². The summed E-state index contributed by atoms with van der Waals surface area (Å²) < 4.78 is 4.93. The number of benzene rings is 1. The number of anilines is 1. The van der Waals surface area contributed by atoms with Gasteiger partial charge in [0.05, 0.1) is 16.0 Å². The number of nitrogen functional groups attached to an aromatic ring is 1. The molecule has 0 heterocycles. The lowest BCUT2D eigenvalue weighted by molar-refractivity contribution is -0.149. The minimum absolute atomic E-state index is 0.123. The predicted octanol–water partition coefficient (Wildman–Crippen LogP) is 2.19. The Balaban J connectivity index is 2.78. The number of carboxylic acids is 1. The lowest BCUT2D eigenvalue weighted by atomic mass is 9.95. The van der Waals surface area contributed by atoms with Crippen molar-refractivity contribution in [3.8, 4) is 0 Å². The summed E-state index contributed by atoms with van der Waals surface area (Å²) in [5.74, 6) is -1.74. The molecular weight excluding hydrogens is 258 g/mol. The number of hydrogen-bond acceptors (Lipinski definition) is 4. The summed E-state index contributed by atoms with van der Waals surface area (Å²) >= 11 is 5.83. The van der Waals surface area contributed by atoms with Crippen molar-refractivity contribution in [3.63, 3.8) is 0 Å². The Morgan fingerprint density at radius 2 is 2.06 bits per heavy atom. The number of carbonyl (C=O) groups is 2. The number of carboxylic acid groups (broad SMARTS) is 1. The molecule has 1 rings (SSSR count). The molecule has 98 valence electrons. The molecule has 0 unspecified atom stereocenters. The van der Waals surface area contributed by atoms with Gasteiger partial charge in [-0.3, -0.25) is 4.79 Å². The van der Waals surface area contributed by atoms with Crippen molar-refractivity contribution in [2.75, 3.05) is 12.3 Å². The molecule has 0 fully saturated rings. The van der Waals surface area contributed by atoms with Crippen LogP contribution in [0.1, 0.15) is 24.2 Å². The summed E-state index contributed by atoms with van der Waals surface area (Å²) in [5, 5.41) is 9.10. The monoisotopic (exact) mass is 271 g/mol.